The van der Waals surface area contributed by atoms with Crippen molar-refractivity contribution < 1.29 is 5.11 Å². The Kier molecular flexibility index (Phi) is 2.19. The van der Waals surface area contributed by atoms with E-state index < -0.39 is 0 Å². The molecule has 0 heterocycles. The summed E-state index contributed by atoms with van der Waals surface area (Å²) in [6.45, 7) is 2.28. The second kappa shape index (κ2) is 3.71. The minimum atomic E-state index is -0.328. The van der Waals surface area contributed by atoms with E-state index >= 15 is 0 Å². The van der Waals surface area contributed by atoms with Crippen molar-refractivity contribution in [2.45, 2.75) is 31.8 Å². The SMILES string of the molecule is CC1c2ccccc2C(O)C12Cc1ccccc1C2. The quantitative estimate of drug-likeness (QED) is 0.757. The fourth-order valence-electron chi connectivity index (χ4n) is 4.18. The highest BCUT2D eigenvalue weighted by molar-refractivity contribution is 5.46. The zero-order chi connectivity index (χ0) is 13.0. The third kappa shape index (κ3) is 1.34. The Morgan fingerprint density at radius 2 is 1.42 bits per heavy atom. The van der Waals surface area contributed by atoms with Crippen LogP contribution < -0.4 is 0 Å². The zero-order valence-electron chi connectivity index (χ0n) is 11.1. The predicted molar refractivity (Wildman–Crippen MR) is 76.1 cm³/mol. The minimum absolute atomic E-state index is 0.0205. The molecule has 1 N–H and O–H groups in total. The number of aliphatic hydroxyl groups is 1. The van der Waals surface area contributed by atoms with Gasteiger partial charge in [-0.1, -0.05) is 55.5 Å². The first-order chi connectivity index (χ1) is 9.22. The highest BCUT2D eigenvalue weighted by atomic mass is 16.3. The Morgan fingerprint density at radius 1 is 0.895 bits per heavy atom. The molecule has 0 bridgehead atoms. The molecule has 2 unspecified atom stereocenters. The average Bonchev–Trinajstić information content (AvgIpc) is 2.93. The van der Waals surface area contributed by atoms with E-state index in [1.165, 1.54) is 16.7 Å². The van der Waals surface area contributed by atoms with Crippen LogP contribution in [-0.2, 0) is 12.8 Å². The topological polar surface area (TPSA) is 20.2 Å². The third-order valence-corrected chi connectivity index (χ3v) is 5.32. The molecule has 1 nitrogen and oxygen atoms in total. The molecule has 19 heavy (non-hydrogen) atoms. The number of hydrogen-bond acceptors (Lipinski definition) is 1. The first-order valence-electron chi connectivity index (χ1n) is 7.06. The van der Waals surface area contributed by atoms with Crippen molar-refractivity contribution in [3.63, 3.8) is 0 Å². The fraction of sp³-hybridized carbons (Fsp3) is 0.333. The molecular weight excluding hydrogens is 232 g/mol. The molecule has 2 aromatic rings. The molecule has 0 amide bonds. The van der Waals surface area contributed by atoms with E-state index in [-0.39, 0.29) is 11.5 Å². The number of benzene rings is 2. The molecular formula is C18H18O. The molecule has 0 saturated carbocycles. The zero-order valence-corrected chi connectivity index (χ0v) is 11.1. The molecule has 0 fully saturated rings. The molecule has 0 saturated heterocycles. The van der Waals surface area contributed by atoms with Gasteiger partial charge in [0.25, 0.3) is 0 Å². The molecule has 2 aromatic carbocycles. The highest BCUT2D eigenvalue weighted by Gasteiger charge is 2.53. The van der Waals surface area contributed by atoms with Crippen LogP contribution in [0.4, 0.5) is 0 Å². The standard InChI is InChI=1S/C18H18O/c1-12-15-8-4-5-9-16(15)17(19)18(12)10-13-6-2-3-7-14(13)11-18/h2-9,12,17,19H,10-11H2,1H3. The van der Waals surface area contributed by atoms with Crippen LogP contribution in [0.3, 0.4) is 0 Å². The van der Waals surface area contributed by atoms with Crippen LogP contribution in [0.2, 0.25) is 0 Å². The number of hydrogen-bond donors (Lipinski definition) is 1. The van der Waals surface area contributed by atoms with Crippen LogP contribution in [0.1, 0.15) is 41.2 Å². The first-order valence-corrected chi connectivity index (χ1v) is 7.06. The van der Waals surface area contributed by atoms with E-state index in [1.54, 1.807) is 0 Å². The molecule has 4 rings (SSSR count). The van der Waals surface area contributed by atoms with Gasteiger partial charge in [0.05, 0.1) is 6.10 Å². The molecule has 0 aromatic heterocycles. The Labute approximate surface area is 113 Å². The van der Waals surface area contributed by atoms with Gasteiger partial charge in [-0.25, -0.2) is 0 Å². The Morgan fingerprint density at radius 3 is 2.00 bits per heavy atom. The molecule has 2 atom stereocenters. The van der Waals surface area contributed by atoms with Crippen molar-refractivity contribution in [1.82, 2.24) is 0 Å². The van der Waals surface area contributed by atoms with Gasteiger partial charge in [0.1, 0.15) is 0 Å². The summed E-state index contributed by atoms with van der Waals surface area (Å²) in [6, 6.07) is 17.0. The predicted octanol–water partition coefficient (Wildman–Crippen LogP) is 3.62. The molecule has 0 aliphatic heterocycles. The molecule has 1 spiro atoms. The molecule has 2 aliphatic carbocycles. The maximum Gasteiger partial charge on any atom is 0.0861 e. The Bertz CT molecular complexity index is 588. The van der Waals surface area contributed by atoms with Gasteiger partial charge >= 0.3 is 0 Å². The van der Waals surface area contributed by atoms with Crippen LogP contribution >= 0.6 is 0 Å². The minimum Gasteiger partial charge on any atom is -0.388 e. The average molecular weight is 250 g/mol. The first kappa shape index (κ1) is 11.2. The van der Waals surface area contributed by atoms with E-state index in [0.29, 0.717) is 5.92 Å². The van der Waals surface area contributed by atoms with Crippen molar-refractivity contribution in [2.75, 3.05) is 0 Å². The lowest BCUT2D eigenvalue weighted by Crippen LogP contribution is -2.29. The van der Waals surface area contributed by atoms with Gasteiger partial charge in [-0.05, 0) is 41.0 Å². The third-order valence-electron chi connectivity index (χ3n) is 5.32. The lowest BCUT2D eigenvalue weighted by molar-refractivity contribution is 0.0314. The van der Waals surface area contributed by atoms with Crippen molar-refractivity contribution >= 4 is 0 Å². The summed E-state index contributed by atoms with van der Waals surface area (Å²) in [6.07, 6.45) is 1.67. The molecule has 2 aliphatic rings. The van der Waals surface area contributed by atoms with E-state index in [0.717, 1.165) is 18.4 Å². The summed E-state index contributed by atoms with van der Waals surface area (Å²) < 4.78 is 0. The maximum atomic E-state index is 10.9. The largest absolute Gasteiger partial charge is 0.388 e. The summed E-state index contributed by atoms with van der Waals surface area (Å²) in [5, 5.41) is 10.9. The van der Waals surface area contributed by atoms with Crippen molar-refractivity contribution in [3.05, 3.63) is 70.8 Å². The van der Waals surface area contributed by atoms with Crippen molar-refractivity contribution in [1.29, 1.82) is 0 Å². The number of fused-ring (bicyclic) bond motifs is 2. The van der Waals surface area contributed by atoms with E-state index in [9.17, 15) is 5.11 Å². The fourth-order valence-corrected chi connectivity index (χ4v) is 4.18. The van der Waals surface area contributed by atoms with Gasteiger partial charge in [0.15, 0.2) is 0 Å². The van der Waals surface area contributed by atoms with Gasteiger partial charge < -0.3 is 5.11 Å². The second-order valence-electron chi connectivity index (χ2n) is 6.11. The lowest BCUT2D eigenvalue weighted by Gasteiger charge is -2.32. The smallest absolute Gasteiger partial charge is 0.0861 e. The summed E-state index contributed by atoms with van der Waals surface area (Å²) in [4.78, 5) is 0. The molecule has 96 valence electrons. The maximum absolute atomic E-state index is 10.9. The molecule has 0 radical (unpaired) electrons. The normalized spacial score (nSPS) is 26.4. The van der Waals surface area contributed by atoms with E-state index in [4.69, 9.17) is 0 Å². The highest BCUT2D eigenvalue weighted by Crippen LogP contribution is 2.60. The lowest BCUT2D eigenvalue weighted by atomic mass is 9.73. The second-order valence-corrected chi connectivity index (χ2v) is 6.11. The van der Waals surface area contributed by atoms with E-state index in [2.05, 4.69) is 49.4 Å². The summed E-state index contributed by atoms with van der Waals surface area (Å²) in [5.74, 6) is 0.422. The van der Waals surface area contributed by atoms with E-state index in [1.807, 2.05) is 6.07 Å². The van der Waals surface area contributed by atoms with Gasteiger partial charge in [-0.15, -0.1) is 0 Å². The van der Waals surface area contributed by atoms with Gasteiger partial charge in [-0.2, -0.15) is 0 Å². The van der Waals surface area contributed by atoms with Gasteiger partial charge in [0, 0.05) is 5.41 Å². The van der Waals surface area contributed by atoms with Crippen LogP contribution in [0.25, 0.3) is 0 Å². The Balaban J connectivity index is 1.84. The number of rotatable bonds is 0. The van der Waals surface area contributed by atoms with Crippen LogP contribution in [0, 0.1) is 5.41 Å². The van der Waals surface area contributed by atoms with Crippen molar-refractivity contribution in [3.8, 4) is 0 Å². The van der Waals surface area contributed by atoms with Crippen LogP contribution in [0.15, 0.2) is 48.5 Å². The van der Waals surface area contributed by atoms with Crippen molar-refractivity contribution in [2.24, 2.45) is 5.41 Å². The number of aliphatic hydroxyl groups excluding tert-OH is 1. The van der Waals surface area contributed by atoms with Crippen LogP contribution in [-0.4, -0.2) is 5.11 Å². The van der Waals surface area contributed by atoms with Crippen LogP contribution in [0.5, 0.6) is 0 Å². The monoisotopic (exact) mass is 250 g/mol. The Hall–Kier alpha value is -1.60. The van der Waals surface area contributed by atoms with Gasteiger partial charge in [-0.3, -0.25) is 0 Å². The summed E-state index contributed by atoms with van der Waals surface area (Å²) in [5.41, 5.74) is 5.29. The van der Waals surface area contributed by atoms with Gasteiger partial charge in [0.2, 0.25) is 0 Å². The molecule has 1 heteroatoms. The summed E-state index contributed by atoms with van der Waals surface area (Å²) >= 11 is 0. The summed E-state index contributed by atoms with van der Waals surface area (Å²) in [7, 11) is 0.